The molecule has 3 aromatic rings. The predicted octanol–water partition coefficient (Wildman–Crippen LogP) is 4.46. The molecule has 4 rings (SSSR count). The number of para-hydroxylation sites is 1. The monoisotopic (exact) mass is 450 g/mol. The number of carbonyl (C=O) groups is 1. The van der Waals surface area contributed by atoms with Crippen molar-refractivity contribution in [1.29, 1.82) is 0 Å². The Labute approximate surface area is 188 Å². The summed E-state index contributed by atoms with van der Waals surface area (Å²) in [5.41, 5.74) is 4.44. The quantitative estimate of drug-likeness (QED) is 0.602. The summed E-state index contributed by atoms with van der Waals surface area (Å²) in [6, 6.07) is 19.6. The summed E-state index contributed by atoms with van der Waals surface area (Å²) in [5.74, 6) is 0.305. The molecule has 32 heavy (non-hydrogen) atoms. The summed E-state index contributed by atoms with van der Waals surface area (Å²) in [4.78, 5) is 14.7. The first-order valence-electron chi connectivity index (χ1n) is 10.5. The maximum absolute atomic E-state index is 12.8. The van der Waals surface area contributed by atoms with Gasteiger partial charge in [-0.1, -0.05) is 30.3 Å². The zero-order valence-corrected chi connectivity index (χ0v) is 19.1. The van der Waals surface area contributed by atoms with Gasteiger partial charge in [0.15, 0.2) is 6.61 Å². The van der Waals surface area contributed by atoms with E-state index in [9.17, 15) is 13.2 Å². The minimum Gasteiger partial charge on any atom is -0.484 e. The lowest BCUT2D eigenvalue weighted by molar-refractivity contribution is -0.120. The van der Waals surface area contributed by atoms with Crippen LogP contribution in [0.1, 0.15) is 23.6 Å². The van der Waals surface area contributed by atoms with Crippen LogP contribution in [0.25, 0.3) is 0 Å². The molecule has 1 heterocycles. The summed E-state index contributed by atoms with van der Waals surface area (Å²) < 4.78 is 33.8. The number of hydrogen-bond donors (Lipinski definition) is 1. The Morgan fingerprint density at radius 1 is 1.06 bits per heavy atom. The lowest BCUT2D eigenvalue weighted by Gasteiger charge is -2.22. The molecule has 0 saturated carbocycles. The molecule has 0 aliphatic carbocycles. The summed E-state index contributed by atoms with van der Waals surface area (Å²) >= 11 is 0. The zero-order valence-electron chi connectivity index (χ0n) is 18.3. The minimum absolute atomic E-state index is 0.0761. The number of rotatable bonds is 6. The Morgan fingerprint density at radius 3 is 2.53 bits per heavy atom. The van der Waals surface area contributed by atoms with Gasteiger partial charge in [-0.05, 0) is 80.3 Å². The van der Waals surface area contributed by atoms with Gasteiger partial charge in [0.05, 0.1) is 10.6 Å². The molecule has 0 aromatic heterocycles. The third-order valence-electron chi connectivity index (χ3n) is 5.61. The van der Waals surface area contributed by atoms with Gasteiger partial charge in [0.25, 0.3) is 15.9 Å². The van der Waals surface area contributed by atoms with Gasteiger partial charge in [-0.2, -0.15) is 0 Å². The van der Waals surface area contributed by atoms with Gasteiger partial charge in [0, 0.05) is 11.7 Å². The van der Waals surface area contributed by atoms with E-state index in [4.69, 9.17) is 4.74 Å². The number of aryl methyl sites for hydroxylation is 2. The lowest BCUT2D eigenvalue weighted by atomic mass is 10.1. The van der Waals surface area contributed by atoms with Crippen molar-refractivity contribution in [2.24, 2.45) is 0 Å². The van der Waals surface area contributed by atoms with Crippen molar-refractivity contribution in [3.8, 4) is 5.75 Å². The molecule has 0 saturated heterocycles. The highest BCUT2D eigenvalue weighted by Crippen LogP contribution is 2.32. The van der Waals surface area contributed by atoms with Crippen LogP contribution in [0.4, 0.5) is 11.4 Å². The van der Waals surface area contributed by atoms with Crippen LogP contribution in [-0.4, -0.2) is 27.0 Å². The Hall–Kier alpha value is -3.32. The zero-order chi connectivity index (χ0) is 22.9. The van der Waals surface area contributed by atoms with E-state index < -0.39 is 10.0 Å². The number of benzene rings is 3. The van der Waals surface area contributed by atoms with E-state index in [1.165, 1.54) is 12.1 Å². The van der Waals surface area contributed by atoms with E-state index in [2.05, 4.69) is 4.72 Å². The summed E-state index contributed by atoms with van der Waals surface area (Å²) in [6.07, 6.45) is 0.821. The second-order valence-electron chi connectivity index (χ2n) is 8.13. The number of hydrogen-bond acceptors (Lipinski definition) is 4. The van der Waals surface area contributed by atoms with Crippen LogP contribution in [0, 0.1) is 13.8 Å². The minimum atomic E-state index is -3.74. The maximum atomic E-state index is 12.8. The summed E-state index contributed by atoms with van der Waals surface area (Å²) in [6.45, 7) is 5.66. The standard InChI is InChI=1S/C25H26N2O4S/c1-17-8-9-18(2)23(14-17)26-32(29,30)22-12-10-21(11-13-22)31-16-25(28)27-19(3)15-20-6-4-5-7-24(20)27/h4-14,19,26H,15-16H2,1-3H3/t19-/m1/s1. The molecule has 1 N–H and O–H groups in total. The average molecular weight is 451 g/mol. The van der Waals surface area contributed by atoms with Crippen molar-refractivity contribution < 1.29 is 17.9 Å². The molecule has 0 unspecified atom stereocenters. The second kappa shape index (κ2) is 8.67. The Balaban J connectivity index is 1.42. The normalized spacial score (nSPS) is 15.3. The molecule has 0 bridgehead atoms. The van der Waals surface area contributed by atoms with Crippen LogP contribution >= 0.6 is 0 Å². The molecular formula is C25H26N2O4S. The van der Waals surface area contributed by atoms with E-state index in [1.54, 1.807) is 23.1 Å². The van der Waals surface area contributed by atoms with Gasteiger partial charge in [0.2, 0.25) is 0 Å². The topological polar surface area (TPSA) is 75.7 Å². The van der Waals surface area contributed by atoms with Gasteiger partial charge < -0.3 is 9.64 Å². The predicted molar refractivity (Wildman–Crippen MR) is 126 cm³/mol. The van der Waals surface area contributed by atoms with E-state index in [1.807, 2.05) is 57.2 Å². The van der Waals surface area contributed by atoms with Crippen LogP contribution in [-0.2, 0) is 21.2 Å². The number of amides is 1. The first-order valence-corrected chi connectivity index (χ1v) is 12.0. The molecule has 0 spiro atoms. The maximum Gasteiger partial charge on any atom is 0.265 e. The number of carbonyl (C=O) groups excluding carboxylic acids is 1. The first kappa shape index (κ1) is 21.9. The molecule has 7 heteroatoms. The van der Waals surface area contributed by atoms with Crippen molar-refractivity contribution >= 4 is 27.3 Å². The number of anilines is 2. The number of fused-ring (bicyclic) bond motifs is 1. The molecule has 3 aromatic carbocycles. The number of ether oxygens (including phenoxy) is 1. The smallest absolute Gasteiger partial charge is 0.265 e. The van der Waals surface area contributed by atoms with Crippen LogP contribution in [0.2, 0.25) is 0 Å². The molecule has 1 aliphatic heterocycles. The molecule has 1 aliphatic rings. The molecule has 166 valence electrons. The van der Waals surface area contributed by atoms with E-state index in [-0.39, 0.29) is 23.5 Å². The molecule has 6 nitrogen and oxygen atoms in total. The highest BCUT2D eigenvalue weighted by Gasteiger charge is 2.30. The van der Waals surface area contributed by atoms with Crippen LogP contribution in [0.3, 0.4) is 0 Å². The SMILES string of the molecule is Cc1ccc(C)c(NS(=O)(=O)c2ccc(OCC(=O)N3c4ccccc4C[C@H]3C)cc2)c1. The Kier molecular flexibility index (Phi) is 5.93. The average Bonchev–Trinajstić information content (AvgIpc) is 3.10. The van der Waals surface area contributed by atoms with Crippen molar-refractivity contribution in [2.75, 3.05) is 16.2 Å². The fourth-order valence-corrected chi connectivity index (χ4v) is 5.05. The van der Waals surface area contributed by atoms with Gasteiger partial charge in [-0.15, -0.1) is 0 Å². The molecule has 1 amide bonds. The van der Waals surface area contributed by atoms with E-state index in [0.29, 0.717) is 11.4 Å². The van der Waals surface area contributed by atoms with Gasteiger partial charge in [-0.3, -0.25) is 9.52 Å². The van der Waals surface area contributed by atoms with Crippen molar-refractivity contribution in [3.63, 3.8) is 0 Å². The molecule has 0 radical (unpaired) electrons. The lowest BCUT2D eigenvalue weighted by Crippen LogP contribution is -2.39. The Morgan fingerprint density at radius 2 is 1.78 bits per heavy atom. The third-order valence-corrected chi connectivity index (χ3v) is 6.99. The van der Waals surface area contributed by atoms with Crippen LogP contribution in [0.15, 0.2) is 71.6 Å². The number of nitrogens with zero attached hydrogens (tertiary/aromatic N) is 1. The van der Waals surface area contributed by atoms with Crippen molar-refractivity contribution in [1.82, 2.24) is 0 Å². The fourth-order valence-electron chi connectivity index (χ4n) is 3.92. The third kappa shape index (κ3) is 4.48. The van der Waals surface area contributed by atoms with Gasteiger partial charge >= 0.3 is 0 Å². The second-order valence-corrected chi connectivity index (χ2v) is 9.81. The number of nitrogens with one attached hydrogen (secondary N) is 1. The van der Waals surface area contributed by atoms with Gasteiger partial charge in [-0.25, -0.2) is 8.42 Å². The largest absolute Gasteiger partial charge is 0.484 e. The van der Waals surface area contributed by atoms with Crippen LogP contribution < -0.4 is 14.4 Å². The van der Waals surface area contributed by atoms with E-state index >= 15 is 0 Å². The van der Waals surface area contributed by atoms with Crippen molar-refractivity contribution in [3.05, 3.63) is 83.4 Å². The van der Waals surface area contributed by atoms with Crippen LogP contribution in [0.5, 0.6) is 5.75 Å². The molecular weight excluding hydrogens is 424 g/mol. The molecule has 0 fully saturated rings. The first-order chi connectivity index (χ1) is 15.2. The van der Waals surface area contributed by atoms with Gasteiger partial charge in [0.1, 0.15) is 5.75 Å². The summed E-state index contributed by atoms with van der Waals surface area (Å²) in [5, 5.41) is 0. The Bertz CT molecular complexity index is 1250. The highest BCUT2D eigenvalue weighted by molar-refractivity contribution is 7.92. The van der Waals surface area contributed by atoms with Crippen molar-refractivity contribution in [2.45, 2.75) is 38.1 Å². The number of sulfonamides is 1. The highest BCUT2D eigenvalue weighted by atomic mass is 32.2. The molecule has 1 atom stereocenters. The fraction of sp³-hybridized carbons (Fsp3) is 0.240. The van der Waals surface area contributed by atoms with E-state index in [0.717, 1.165) is 28.8 Å². The summed E-state index contributed by atoms with van der Waals surface area (Å²) in [7, 11) is -3.74.